The number of halogens is 1. The van der Waals surface area contributed by atoms with Crippen LogP contribution in [0.4, 0.5) is 0 Å². The number of aromatic carboxylic acids is 1. The molecule has 0 spiro atoms. The van der Waals surface area contributed by atoms with Crippen molar-refractivity contribution in [2.45, 2.75) is 20.3 Å². The molecule has 0 aromatic carbocycles. The van der Waals surface area contributed by atoms with E-state index in [1.54, 1.807) is 0 Å². The number of aromatic amines is 1. The molecule has 0 atom stereocenters. The molecule has 1 rings (SSSR count). The third-order valence-corrected chi connectivity index (χ3v) is 2.75. The Labute approximate surface area is 89.9 Å². The number of nitrogens with zero attached hydrogens (tertiary/aromatic N) is 1. The Morgan fingerprint density at radius 1 is 1.69 bits per heavy atom. The third kappa shape index (κ3) is 2.43. The van der Waals surface area contributed by atoms with E-state index < -0.39 is 5.97 Å². The molecule has 1 heterocycles. The molecule has 4 nitrogen and oxygen atoms in total. The highest BCUT2D eigenvalue weighted by Crippen LogP contribution is 2.17. The lowest BCUT2D eigenvalue weighted by Crippen LogP contribution is -2.00. The van der Waals surface area contributed by atoms with Gasteiger partial charge in [0, 0.05) is 5.69 Å². The van der Waals surface area contributed by atoms with Crippen LogP contribution in [0, 0.1) is 9.49 Å². The van der Waals surface area contributed by atoms with Gasteiger partial charge in [-0.3, -0.25) is 5.10 Å². The zero-order chi connectivity index (χ0) is 10.0. The summed E-state index contributed by atoms with van der Waals surface area (Å²) in [6, 6.07) is 0. The Balaban J connectivity index is 2.93. The van der Waals surface area contributed by atoms with Gasteiger partial charge >= 0.3 is 5.97 Å². The molecular weight excluding hydrogens is 283 g/mol. The second-order valence-corrected chi connectivity index (χ2v) is 4.35. The van der Waals surface area contributed by atoms with Crippen LogP contribution >= 0.6 is 22.6 Å². The Bertz CT molecular complexity index is 320. The number of carboxylic acid groups (broad SMARTS) is 1. The SMILES string of the molecule is CC(C)Cc1[nH]nc(C(=O)O)c1I. The normalized spacial score (nSPS) is 10.8. The number of nitrogens with one attached hydrogen (secondary N) is 1. The molecule has 2 N–H and O–H groups in total. The smallest absolute Gasteiger partial charge is 0.357 e. The summed E-state index contributed by atoms with van der Waals surface area (Å²) in [6.45, 7) is 4.16. The average Bonchev–Trinajstić information content (AvgIpc) is 2.32. The zero-order valence-electron chi connectivity index (χ0n) is 7.47. The van der Waals surface area contributed by atoms with Crippen LogP contribution in [-0.4, -0.2) is 21.3 Å². The van der Waals surface area contributed by atoms with Crippen LogP contribution in [0.2, 0.25) is 0 Å². The van der Waals surface area contributed by atoms with Gasteiger partial charge in [-0.2, -0.15) is 5.10 Å². The molecule has 0 fully saturated rings. The minimum absolute atomic E-state index is 0.122. The van der Waals surface area contributed by atoms with Gasteiger partial charge in [0.25, 0.3) is 0 Å². The predicted molar refractivity (Wildman–Crippen MR) is 56.8 cm³/mol. The molecule has 0 amide bonds. The lowest BCUT2D eigenvalue weighted by Gasteiger charge is -2.01. The molecule has 72 valence electrons. The predicted octanol–water partition coefficient (Wildman–Crippen LogP) is 1.91. The maximum absolute atomic E-state index is 10.6. The van der Waals surface area contributed by atoms with Crippen LogP contribution in [0.1, 0.15) is 30.0 Å². The van der Waals surface area contributed by atoms with Crippen LogP contribution in [0.15, 0.2) is 0 Å². The first-order valence-electron chi connectivity index (χ1n) is 3.98. The second kappa shape index (κ2) is 4.08. The van der Waals surface area contributed by atoms with E-state index >= 15 is 0 Å². The highest BCUT2D eigenvalue weighted by Gasteiger charge is 2.16. The molecule has 0 radical (unpaired) electrons. The standard InChI is InChI=1S/C8H11IN2O2/c1-4(2)3-5-6(9)7(8(12)13)11-10-5/h4H,3H2,1-2H3,(H,10,11)(H,12,13). The summed E-state index contributed by atoms with van der Waals surface area (Å²) < 4.78 is 0.721. The number of carboxylic acids is 1. The minimum atomic E-state index is -0.976. The van der Waals surface area contributed by atoms with Crippen molar-refractivity contribution in [3.05, 3.63) is 15.0 Å². The number of carbonyl (C=O) groups is 1. The van der Waals surface area contributed by atoms with Crippen LogP contribution in [0.5, 0.6) is 0 Å². The fourth-order valence-electron chi connectivity index (χ4n) is 1.05. The summed E-state index contributed by atoms with van der Waals surface area (Å²) in [7, 11) is 0. The van der Waals surface area contributed by atoms with E-state index in [-0.39, 0.29) is 5.69 Å². The van der Waals surface area contributed by atoms with Gasteiger partial charge in [0.2, 0.25) is 0 Å². The van der Waals surface area contributed by atoms with Crippen LogP contribution in [-0.2, 0) is 6.42 Å². The average molecular weight is 294 g/mol. The molecule has 0 saturated carbocycles. The fourth-order valence-corrected chi connectivity index (χ4v) is 1.74. The van der Waals surface area contributed by atoms with E-state index in [1.165, 1.54) is 0 Å². The number of rotatable bonds is 3. The Kier molecular flexibility index (Phi) is 3.29. The van der Waals surface area contributed by atoms with E-state index in [2.05, 4.69) is 24.0 Å². The first-order valence-corrected chi connectivity index (χ1v) is 5.06. The molecule has 1 aromatic heterocycles. The summed E-state index contributed by atoms with van der Waals surface area (Å²) in [5.74, 6) is -0.480. The summed E-state index contributed by atoms with van der Waals surface area (Å²) in [6.07, 6.45) is 0.832. The fraction of sp³-hybridized carbons (Fsp3) is 0.500. The van der Waals surface area contributed by atoms with E-state index in [0.717, 1.165) is 15.7 Å². The summed E-state index contributed by atoms with van der Waals surface area (Å²) >= 11 is 2.01. The number of hydrogen-bond donors (Lipinski definition) is 2. The van der Waals surface area contributed by atoms with Crippen LogP contribution in [0.25, 0.3) is 0 Å². The monoisotopic (exact) mass is 294 g/mol. The highest BCUT2D eigenvalue weighted by molar-refractivity contribution is 14.1. The van der Waals surface area contributed by atoms with E-state index in [1.807, 2.05) is 22.6 Å². The summed E-state index contributed by atoms with van der Waals surface area (Å²) in [5.41, 5.74) is 1.03. The molecule has 1 aromatic rings. The molecule has 5 heteroatoms. The van der Waals surface area contributed by atoms with Gasteiger partial charge in [0.1, 0.15) is 0 Å². The molecule has 0 bridgehead atoms. The van der Waals surface area contributed by atoms with Crippen molar-refractivity contribution in [3.8, 4) is 0 Å². The van der Waals surface area contributed by atoms with Gasteiger partial charge in [0.15, 0.2) is 5.69 Å². The zero-order valence-corrected chi connectivity index (χ0v) is 9.62. The Hall–Kier alpha value is -0.590. The van der Waals surface area contributed by atoms with Crippen molar-refractivity contribution >= 4 is 28.6 Å². The quantitative estimate of drug-likeness (QED) is 0.837. The van der Waals surface area contributed by atoms with E-state index in [9.17, 15) is 4.79 Å². The van der Waals surface area contributed by atoms with Gasteiger partial charge in [-0.15, -0.1) is 0 Å². The molecular formula is C8H11IN2O2. The van der Waals surface area contributed by atoms with Gasteiger partial charge in [-0.25, -0.2) is 4.79 Å². The minimum Gasteiger partial charge on any atom is -0.476 e. The van der Waals surface area contributed by atoms with Crippen molar-refractivity contribution in [1.29, 1.82) is 0 Å². The van der Waals surface area contributed by atoms with Crippen LogP contribution in [0.3, 0.4) is 0 Å². The number of aromatic nitrogens is 2. The number of hydrogen-bond acceptors (Lipinski definition) is 2. The Morgan fingerprint density at radius 2 is 2.31 bits per heavy atom. The van der Waals surface area contributed by atoms with Crippen molar-refractivity contribution in [2.75, 3.05) is 0 Å². The summed E-state index contributed by atoms with van der Waals surface area (Å²) in [4.78, 5) is 10.6. The molecule has 0 aliphatic heterocycles. The maximum atomic E-state index is 10.6. The molecule has 13 heavy (non-hydrogen) atoms. The molecule has 0 unspecified atom stereocenters. The first-order chi connectivity index (χ1) is 6.02. The largest absolute Gasteiger partial charge is 0.476 e. The van der Waals surface area contributed by atoms with Crippen molar-refractivity contribution in [2.24, 2.45) is 5.92 Å². The van der Waals surface area contributed by atoms with Crippen LogP contribution < -0.4 is 0 Å². The molecule has 0 aliphatic carbocycles. The maximum Gasteiger partial charge on any atom is 0.357 e. The molecule has 0 aliphatic rings. The highest BCUT2D eigenvalue weighted by atomic mass is 127. The van der Waals surface area contributed by atoms with Crippen molar-refractivity contribution in [1.82, 2.24) is 10.2 Å². The third-order valence-electron chi connectivity index (χ3n) is 1.59. The van der Waals surface area contributed by atoms with Gasteiger partial charge in [-0.05, 0) is 34.9 Å². The van der Waals surface area contributed by atoms with Gasteiger partial charge < -0.3 is 5.11 Å². The summed E-state index contributed by atoms with van der Waals surface area (Å²) in [5, 5.41) is 15.2. The Morgan fingerprint density at radius 3 is 2.69 bits per heavy atom. The van der Waals surface area contributed by atoms with Gasteiger partial charge in [0.05, 0.1) is 3.57 Å². The van der Waals surface area contributed by atoms with E-state index in [4.69, 9.17) is 5.11 Å². The second-order valence-electron chi connectivity index (χ2n) is 3.27. The van der Waals surface area contributed by atoms with Gasteiger partial charge in [-0.1, -0.05) is 13.8 Å². The van der Waals surface area contributed by atoms with E-state index in [0.29, 0.717) is 5.92 Å². The van der Waals surface area contributed by atoms with Crippen molar-refractivity contribution < 1.29 is 9.90 Å². The number of H-pyrrole nitrogens is 1. The first kappa shape index (κ1) is 10.5. The lowest BCUT2D eigenvalue weighted by molar-refractivity contribution is 0.0689. The van der Waals surface area contributed by atoms with Crippen molar-refractivity contribution in [3.63, 3.8) is 0 Å². The topological polar surface area (TPSA) is 66.0 Å². The molecule has 0 saturated heterocycles. The lowest BCUT2D eigenvalue weighted by atomic mass is 10.1.